The highest BCUT2D eigenvalue weighted by molar-refractivity contribution is 5.84. The van der Waals surface area contributed by atoms with Crippen molar-refractivity contribution in [2.75, 3.05) is 0 Å². The molecule has 0 bridgehead atoms. The molecule has 102 valence electrons. The Bertz CT molecular complexity index is 626. The first-order valence-corrected chi connectivity index (χ1v) is 6.36. The van der Waals surface area contributed by atoms with Crippen LogP contribution in [0.3, 0.4) is 0 Å². The Morgan fingerprint density at radius 3 is 2.37 bits per heavy atom. The summed E-state index contributed by atoms with van der Waals surface area (Å²) in [4.78, 5) is 11.9. The Labute approximate surface area is 111 Å². The zero-order chi connectivity index (χ0) is 14.0. The second-order valence-corrected chi connectivity index (χ2v) is 4.91. The molecule has 0 N–H and O–H groups in total. The third-order valence-corrected chi connectivity index (χ3v) is 2.43. The molecule has 0 amide bonds. The van der Waals surface area contributed by atoms with Gasteiger partial charge in [-0.05, 0) is 27.7 Å². The number of ether oxygens (including phenoxy) is 2. The Kier molecular flexibility index (Phi) is 3.79. The van der Waals surface area contributed by atoms with Gasteiger partial charge in [0.1, 0.15) is 22.5 Å². The summed E-state index contributed by atoms with van der Waals surface area (Å²) in [6, 6.07) is 4.83. The van der Waals surface area contributed by atoms with Crippen LogP contribution in [0.2, 0.25) is 0 Å². The lowest BCUT2D eigenvalue weighted by Crippen LogP contribution is -2.11. The zero-order valence-electron chi connectivity index (χ0n) is 11.6. The van der Waals surface area contributed by atoms with Crippen LogP contribution in [0.1, 0.15) is 27.7 Å². The second kappa shape index (κ2) is 5.34. The van der Waals surface area contributed by atoms with E-state index in [9.17, 15) is 4.79 Å². The van der Waals surface area contributed by atoms with Gasteiger partial charge in [0, 0.05) is 18.2 Å². The summed E-state index contributed by atoms with van der Waals surface area (Å²) < 4.78 is 16.7. The molecule has 0 aliphatic carbocycles. The van der Waals surface area contributed by atoms with Gasteiger partial charge in [0.15, 0.2) is 5.43 Å². The van der Waals surface area contributed by atoms with Gasteiger partial charge in [-0.15, -0.1) is 0 Å². The van der Waals surface area contributed by atoms with Gasteiger partial charge in [0.25, 0.3) is 0 Å². The first-order valence-electron chi connectivity index (χ1n) is 6.36. The Balaban J connectivity index is 2.62. The first-order chi connectivity index (χ1) is 8.97. The van der Waals surface area contributed by atoms with Gasteiger partial charge in [0.05, 0.1) is 18.5 Å². The van der Waals surface area contributed by atoms with Gasteiger partial charge >= 0.3 is 0 Å². The fourth-order valence-electron chi connectivity index (χ4n) is 1.84. The summed E-state index contributed by atoms with van der Waals surface area (Å²) in [5, 5.41) is 0.451. The lowest BCUT2D eigenvalue weighted by Gasteiger charge is -2.15. The summed E-state index contributed by atoms with van der Waals surface area (Å²) in [5.41, 5.74) is 0.356. The van der Waals surface area contributed by atoms with E-state index in [1.807, 2.05) is 27.7 Å². The smallest absolute Gasteiger partial charge is 0.196 e. The minimum atomic E-state index is -0.118. The van der Waals surface area contributed by atoms with Crippen molar-refractivity contribution in [3.8, 4) is 11.5 Å². The molecule has 1 heterocycles. The van der Waals surface area contributed by atoms with E-state index in [0.29, 0.717) is 22.5 Å². The standard InChI is InChI=1S/C15H18O4/c1-9(2)18-11-7-13-15(12(16)5-6-17-13)14(8-11)19-10(3)4/h5-10H,1-4H3. The van der Waals surface area contributed by atoms with Gasteiger partial charge in [-0.25, -0.2) is 0 Å². The normalized spacial score (nSPS) is 11.3. The van der Waals surface area contributed by atoms with E-state index in [1.54, 1.807) is 12.1 Å². The minimum absolute atomic E-state index is 0.0305. The van der Waals surface area contributed by atoms with Crippen molar-refractivity contribution in [3.05, 3.63) is 34.7 Å². The SMILES string of the molecule is CC(C)Oc1cc(OC(C)C)c2c(=O)ccoc2c1. The van der Waals surface area contributed by atoms with E-state index in [0.717, 1.165) is 0 Å². The highest BCUT2D eigenvalue weighted by Gasteiger charge is 2.13. The topological polar surface area (TPSA) is 48.7 Å². The molecule has 2 rings (SSSR count). The van der Waals surface area contributed by atoms with Crippen molar-refractivity contribution in [2.24, 2.45) is 0 Å². The molecule has 4 nitrogen and oxygen atoms in total. The molecule has 0 aliphatic rings. The second-order valence-electron chi connectivity index (χ2n) is 4.91. The summed E-state index contributed by atoms with van der Waals surface area (Å²) >= 11 is 0. The molecule has 0 spiro atoms. The van der Waals surface area contributed by atoms with Crippen molar-refractivity contribution in [3.63, 3.8) is 0 Å². The summed E-state index contributed by atoms with van der Waals surface area (Å²) in [7, 11) is 0. The number of hydrogen-bond acceptors (Lipinski definition) is 4. The maximum Gasteiger partial charge on any atom is 0.196 e. The number of benzene rings is 1. The molecule has 4 heteroatoms. The Morgan fingerprint density at radius 1 is 1.05 bits per heavy atom. The van der Waals surface area contributed by atoms with E-state index in [-0.39, 0.29) is 17.6 Å². The van der Waals surface area contributed by atoms with Gasteiger partial charge in [0.2, 0.25) is 0 Å². The molecule has 0 saturated carbocycles. The fraction of sp³-hybridized carbons (Fsp3) is 0.400. The molecule has 0 atom stereocenters. The Hall–Kier alpha value is -1.97. The van der Waals surface area contributed by atoms with Gasteiger partial charge in [-0.2, -0.15) is 0 Å². The van der Waals surface area contributed by atoms with Crippen LogP contribution >= 0.6 is 0 Å². The summed E-state index contributed by atoms with van der Waals surface area (Å²) in [6.45, 7) is 7.70. The monoisotopic (exact) mass is 262 g/mol. The van der Waals surface area contributed by atoms with E-state index < -0.39 is 0 Å². The van der Waals surface area contributed by atoms with Crippen molar-refractivity contribution in [1.82, 2.24) is 0 Å². The average molecular weight is 262 g/mol. The molecule has 1 aromatic heterocycles. The summed E-state index contributed by atoms with van der Waals surface area (Å²) in [5.74, 6) is 1.13. The highest BCUT2D eigenvalue weighted by Crippen LogP contribution is 2.30. The molecular weight excluding hydrogens is 244 g/mol. The van der Waals surface area contributed by atoms with Crippen molar-refractivity contribution >= 4 is 11.0 Å². The lowest BCUT2D eigenvalue weighted by molar-refractivity contribution is 0.231. The molecule has 0 unspecified atom stereocenters. The predicted octanol–water partition coefficient (Wildman–Crippen LogP) is 3.37. The van der Waals surface area contributed by atoms with E-state index in [4.69, 9.17) is 13.9 Å². The van der Waals surface area contributed by atoms with E-state index in [2.05, 4.69) is 0 Å². The quantitative estimate of drug-likeness (QED) is 0.847. The van der Waals surface area contributed by atoms with Crippen molar-refractivity contribution in [2.45, 2.75) is 39.9 Å². The van der Waals surface area contributed by atoms with Crippen LogP contribution in [-0.4, -0.2) is 12.2 Å². The predicted molar refractivity (Wildman–Crippen MR) is 74.0 cm³/mol. The maximum absolute atomic E-state index is 11.9. The molecule has 0 fully saturated rings. The highest BCUT2D eigenvalue weighted by atomic mass is 16.5. The third-order valence-electron chi connectivity index (χ3n) is 2.43. The number of fused-ring (bicyclic) bond motifs is 1. The van der Waals surface area contributed by atoms with Gasteiger partial charge in [-0.1, -0.05) is 0 Å². The van der Waals surface area contributed by atoms with Gasteiger partial charge in [-0.3, -0.25) is 4.79 Å². The van der Waals surface area contributed by atoms with Crippen LogP contribution in [0.4, 0.5) is 0 Å². The van der Waals surface area contributed by atoms with Crippen molar-refractivity contribution < 1.29 is 13.9 Å². The molecular formula is C15H18O4. The van der Waals surface area contributed by atoms with Crippen LogP contribution in [0.5, 0.6) is 11.5 Å². The van der Waals surface area contributed by atoms with E-state index in [1.165, 1.54) is 12.3 Å². The first kappa shape index (κ1) is 13.5. The molecule has 2 aromatic rings. The van der Waals surface area contributed by atoms with Crippen molar-refractivity contribution in [1.29, 1.82) is 0 Å². The summed E-state index contributed by atoms with van der Waals surface area (Å²) in [6.07, 6.45) is 1.39. The van der Waals surface area contributed by atoms with E-state index >= 15 is 0 Å². The van der Waals surface area contributed by atoms with Crippen LogP contribution in [0.15, 0.2) is 33.7 Å². The lowest BCUT2D eigenvalue weighted by atomic mass is 10.2. The van der Waals surface area contributed by atoms with Crippen LogP contribution in [0, 0.1) is 0 Å². The van der Waals surface area contributed by atoms with Crippen LogP contribution in [0.25, 0.3) is 11.0 Å². The van der Waals surface area contributed by atoms with Crippen LogP contribution < -0.4 is 14.9 Å². The molecule has 1 aromatic carbocycles. The zero-order valence-corrected chi connectivity index (χ0v) is 11.6. The number of rotatable bonds is 4. The van der Waals surface area contributed by atoms with Crippen LogP contribution in [-0.2, 0) is 0 Å². The fourth-order valence-corrected chi connectivity index (χ4v) is 1.84. The number of hydrogen-bond donors (Lipinski definition) is 0. The minimum Gasteiger partial charge on any atom is -0.491 e. The molecule has 0 aliphatic heterocycles. The third kappa shape index (κ3) is 3.08. The molecule has 19 heavy (non-hydrogen) atoms. The average Bonchev–Trinajstić information content (AvgIpc) is 2.26. The van der Waals surface area contributed by atoms with Gasteiger partial charge < -0.3 is 13.9 Å². The molecule has 0 radical (unpaired) electrons. The Morgan fingerprint density at radius 2 is 1.74 bits per heavy atom. The molecule has 0 saturated heterocycles. The maximum atomic E-state index is 11.9. The largest absolute Gasteiger partial charge is 0.491 e.